The molecule has 0 aliphatic carbocycles. The Balaban J connectivity index is 2.16. The van der Waals surface area contributed by atoms with Gasteiger partial charge in [-0.05, 0) is 58.6 Å². The van der Waals surface area contributed by atoms with E-state index >= 15 is 0 Å². The second-order valence-electron chi connectivity index (χ2n) is 4.53. The Kier molecular flexibility index (Phi) is 5.90. The van der Waals surface area contributed by atoms with E-state index in [1.54, 1.807) is 18.0 Å². The molecule has 0 spiro atoms. The van der Waals surface area contributed by atoms with Crippen molar-refractivity contribution >= 4 is 39.3 Å². The first-order chi connectivity index (χ1) is 9.60. The molecule has 2 N–H and O–H groups in total. The zero-order chi connectivity index (χ0) is 14.5. The van der Waals surface area contributed by atoms with Crippen molar-refractivity contribution in [3.63, 3.8) is 0 Å². The van der Waals surface area contributed by atoms with Crippen LogP contribution >= 0.6 is 39.3 Å². The summed E-state index contributed by atoms with van der Waals surface area (Å²) in [7, 11) is 0. The van der Waals surface area contributed by atoms with E-state index in [2.05, 4.69) is 33.9 Å². The lowest BCUT2D eigenvalue weighted by atomic mass is 10.1. The molecule has 0 fully saturated rings. The van der Waals surface area contributed by atoms with Crippen LogP contribution in [0.3, 0.4) is 0 Å². The van der Waals surface area contributed by atoms with E-state index in [1.807, 2.05) is 24.3 Å². The predicted molar refractivity (Wildman–Crippen MR) is 89.5 cm³/mol. The van der Waals surface area contributed by atoms with Crippen molar-refractivity contribution in [1.29, 1.82) is 0 Å². The Bertz CT molecular complexity index is 592. The van der Waals surface area contributed by atoms with E-state index < -0.39 is 0 Å². The summed E-state index contributed by atoms with van der Waals surface area (Å²) >= 11 is 11.4. The number of benzene rings is 1. The lowest BCUT2D eigenvalue weighted by Crippen LogP contribution is -2.21. The van der Waals surface area contributed by atoms with Crippen molar-refractivity contribution in [2.75, 3.05) is 0 Å². The fourth-order valence-corrected chi connectivity index (χ4v) is 3.35. The van der Waals surface area contributed by atoms with E-state index in [0.29, 0.717) is 0 Å². The van der Waals surface area contributed by atoms with Crippen LogP contribution in [0, 0.1) is 0 Å². The van der Waals surface area contributed by atoms with Crippen LogP contribution in [-0.2, 0) is 6.42 Å². The van der Waals surface area contributed by atoms with Crippen LogP contribution < -0.4 is 5.73 Å². The third-order valence-corrected chi connectivity index (χ3v) is 5.37. The molecule has 0 saturated heterocycles. The average molecular weight is 372 g/mol. The molecular formula is C15H16BrClN2S. The normalized spacial score (nSPS) is 12.4. The molecular weight excluding hydrogens is 356 g/mol. The van der Waals surface area contributed by atoms with Crippen molar-refractivity contribution in [2.24, 2.45) is 5.73 Å². The zero-order valence-electron chi connectivity index (χ0n) is 11.1. The maximum Gasteiger partial charge on any atom is 0.115 e. The number of rotatable bonds is 5. The van der Waals surface area contributed by atoms with Crippen molar-refractivity contribution in [3.8, 4) is 0 Å². The van der Waals surface area contributed by atoms with Crippen LogP contribution in [0.5, 0.6) is 0 Å². The lowest BCUT2D eigenvalue weighted by Gasteiger charge is -2.11. The fourth-order valence-electron chi connectivity index (χ4n) is 1.75. The highest BCUT2D eigenvalue weighted by Crippen LogP contribution is 2.36. The number of hydrogen-bond donors (Lipinski definition) is 1. The summed E-state index contributed by atoms with van der Waals surface area (Å²) < 4.78 is 0.971. The molecule has 106 valence electrons. The molecule has 0 saturated carbocycles. The molecule has 0 aliphatic heterocycles. The van der Waals surface area contributed by atoms with Gasteiger partial charge in [-0.3, -0.25) is 0 Å². The van der Waals surface area contributed by atoms with Gasteiger partial charge in [-0.15, -0.1) is 0 Å². The van der Waals surface area contributed by atoms with Crippen molar-refractivity contribution in [1.82, 2.24) is 4.98 Å². The smallest absolute Gasteiger partial charge is 0.115 e. The molecule has 1 aromatic carbocycles. The number of nitrogens with zero attached hydrogens (tertiary/aromatic N) is 1. The van der Waals surface area contributed by atoms with Gasteiger partial charge in [-0.2, -0.15) is 0 Å². The number of pyridine rings is 1. The van der Waals surface area contributed by atoms with Gasteiger partial charge in [0.05, 0.1) is 9.50 Å². The first kappa shape index (κ1) is 15.8. The molecule has 5 heteroatoms. The second-order valence-corrected chi connectivity index (χ2v) is 6.82. The van der Waals surface area contributed by atoms with Gasteiger partial charge in [0.2, 0.25) is 0 Å². The Labute approximate surface area is 137 Å². The molecule has 1 heterocycles. The maximum absolute atomic E-state index is 6.35. The van der Waals surface area contributed by atoms with Crippen LogP contribution in [0.2, 0.25) is 5.02 Å². The minimum atomic E-state index is 0.189. The fraction of sp³-hybridized carbons (Fsp3) is 0.267. The molecule has 2 rings (SSSR count). The van der Waals surface area contributed by atoms with E-state index in [4.69, 9.17) is 17.3 Å². The van der Waals surface area contributed by atoms with Gasteiger partial charge in [-0.1, -0.05) is 36.4 Å². The number of nitrogens with two attached hydrogens (primary N) is 1. The zero-order valence-corrected chi connectivity index (χ0v) is 14.3. The summed E-state index contributed by atoms with van der Waals surface area (Å²) in [6.07, 6.45) is 3.60. The van der Waals surface area contributed by atoms with Crippen molar-refractivity contribution < 1.29 is 0 Å². The van der Waals surface area contributed by atoms with Crippen molar-refractivity contribution in [2.45, 2.75) is 35.7 Å². The van der Waals surface area contributed by atoms with E-state index in [1.165, 1.54) is 5.56 Å². The molecule has 1 atom stereocenters. The molecule has 0 bridgehead atoms. The first-order valence-corrected chi connectivity index (χ1v) is 8.41. The molecule has 2 aromatic rings. The van der Waals surface area contributed by atoms with Gasteiger partial charge >= 0.3 is 0 Å². The summed E-state index contributed by atoms with van der Waals surface area (Å²) in [5, 5.41) is 1.65. The number of halogens is 2. The molecule has 0 aliphatic rings. The van der Waals surface area contributed by atoms with Gasteiger partial charge in [0, 0.05) is 17.1 Å². The molecule has 1 aromatic heterocycles. The van der Waals surface area contributed by atoms with Gasteiger partial charge in [0.15, 0.2) is 0 Å². The van der Waals surface area contributed by atoms with Gasteiger partial charge in [0.1, 0.15) is 5.03 Å². The van der Waals surface area contributed by atoms with Crippen LogP contribution in [-0.4, -0.2) is 11.0 Å². The standard InChI is InChI=1S/C15H16BrClN2S/c1-2-11(18)8-10-5-6-14(13(17)9-10)20-15-12(16)4-3-7-19-15/h3-7,9,11H,2,8,18H2,1H3. The Hall–Kier alpha value is -0.550. The van der Waals surface area contributed by atoms with Gasteiger partial charge < -0.3 is 5.73 Å². The third-order valence-electron chi connectivity index (χ3n) is 2.95. The summed E-state index contributed by atoms with van der Waals surface area (Å²) in [5.41, 5.74) is 7.15. The number of aromatic nitrogens is 1. The molecule has 2 nitrogen and oxygen atoms in total. The Morgan fingerprint density at radius 3 is 2.85 bits per heavy atom. The Morgan fingerprint density at radius 1 is 1.40 bits per heavy atom. The minimum Gasteiger partial charge on any atom is -0.327 e. The van der Waals surface area contributed by atoms with Gasteiger partial charge in [-0.25, -0.2) is 4.98 Å². The quantitative estimate of drug-likeness (QED) is 0.810. The first-order valence-electron chi connectivity index (χ1n) is 6.42. The van der Waals surface area contributed by atoms with Crippen molar-refractivity contribution in [3.05, 3.63) is 51.6 Å². The largest absolute Gasteiger partial charge is 0.327 e. The highest BCUT2D eigenvalue weighted by atomic mass is 79.9. The monoisotopic (exact) mass is 370 g/mol. The summed E-state index contributed by atoms with van der Waals surface area (Å²) in [5.74, 6) is 0. The van der Waals surface area contributed by atoms with E-state index in [9.17, 15) is 0 Å². The molecule has 0 amide bonds. The minimum absolute atomic E-state index is 0.189. The average Bonchev–Trinajstić information content (AvgIpc) is 2.44. The van der Waals surface area contributed by atoms with Crippen LogP contribution in [0.4, 0.5) is 0 Å². The highest BCUT2D eigenvalue weighted by molar-refractivity contribution is 9.10. The van der Waals surface area contributed by atoms with Crippen LogP contribution in [0.25, 0.3) is 0 Å². The topological polar surface area (TPSA) is 38.9 Å². The van der Waals surface area contributed by atoms with Crippen LogP contribution in [0.1, 0.15) is 18.9 Å². The highest BCUT2D eigenvalue weighted by Gasteiger charge is 2.09. The van der Waals surface area contributed by atoms with E-state index in [-0.39, 0.29) is 6.04 Å². The molecule has 20 heavy (non-hydrogen) atoms. The molecule has 0 radical (unpaired) electrons. The summed E-state index contributed by atoms with van der Waals surface area (Å²) in [4.78, 5) is 5.34. The molecule has 1 unspecified atom stereocenters. The number of hydrogen-bond acceptors (Lipinski definition) is 3. The SMILES string of the molecule is CCC(N)Cc1ccc(Sc2ncccc2Br)c(Cl)c1. The van der Waals surface area contributed by atoms with E-state index in [0.717, 1.165) is 32.3 Å². The Morgan fingerprint density at radius 2 is 2.20 bits per heavy atom. The summed E-state index contributed by atoms with van der Waals surface area (Å²) in [6.45, 7) is 2.09. The maximum atomic E-state index is 6.35. The van der Waals surface area contributed by atoms with Gasteiger partial charge in [0.25, 0.3) is 0 Å². The third kappa shape index (κ3) is 4.22. The van der Waals surface area contributed by atoms with Crippen LogP contribution in [0.15, 0.2) is 50.9 Å². The summed E-state index contributed by atoms with van der Waals surface area (Å²) in [6, 6.07) is 10.2. The lowest BCUT2D eigenvalue weighted by molar-refractivity contribution is 0.646. The second kappa shape index (κ2) is 7.46. The predicted octanol–water partition coefficient (Wildman–Crippen LogP) is 4.93.